The Morgan fingerprint density at radius 1 is 1.00 bits per heavy atom. The van der Waals surface area contributed by atoms with Crippen molar-refractivity contribution in [3.63, 3.8) is 0 Å². The molecule has 3 atom stereocenters. The van der Waals surface area contributed by atoms with Gasteiger partial charge in [0.1, 0.15) is 6.04 Å². The minimum Gasteiger partial charge on any atom is -0.390 e. The molecule has 148 valence electrons. The first kappa shape index (κ1) is 20.1. The summed E-state index contributed by atoms with van der Waals surface area (Å²) in [4.78, 5) is 26.4. The summed E-state index contributed by atoms with van der Waals surface area (Å²) in [6, 6.07) is 16.7. The van der Waals surface area contributed by atoms with E-state index in [2.05, 4.69) is 31.3 Å². The topological polar surface area (TPSA) is 69.6 Å². The third-order valence-electron chi connectivity index (χ3n) is 5.40. The molecule has 1 saturated heterocycles. The second-order valence-corrected chi connectivity index (χ2v) is 7.69. The average Bonchev–Trinajstić information content (AvgIpc) is 3.08. The van der Waals surface area contributed by atoms with E-state index in [0.717, 1.165) is 11.1 Å². The van der Waals surface area contributed by atoms with Gasteiger partial charge in [-0.2, -0.15) is 0 Å². The van der Waals surface area contributed by atoms with Crippen molar-refractivity contribution >= 4 is 11.8 Å². The van der Waals surface area contributed by atoms with E-state index in [9.17, 15) is 14.7 Å². The molecule has 0 aromatic heterocycles. The maximum Gasteiger partial charge on any atom is 0.246 e. The van der Waals surface area contributed by atoms with Crippen molar-refractivity contribution < 1.29 is 14.7 Å². The molecule has 5 nitrogen and oxygen atoms in total. The maximum atomic E-state index is 13.0. The van der Waals surface area contributed by atoms with Crippen LogP contribution in [0.4, 0.5) is 0 Å². The molecule has 0 bridgehead atoms. The lowest BCUT2D eigenvalue weighted by Gasteiger charge is -2.27. The number of rotatable bonds is 5. The molecular weight excluding hydrogens is 352 g/mol. The van der Waals surface area contributed by atoms with E-state index in [0.29, 0.717) is 18.9 Å². The number of likely N-dealkylation sites (tertiary alicyclic amines) is 1. The normalized spacial score (nSPS) is 20.2. The molecule has 2 N–H and O–H groups in total. The van der Waals surface area contributed by atoms with E-state index in [4.69, 9.17) is 0 Å². The third-order valence-corrected chi connectivity index (χ3v) is 5.40. The Labute approximate surface area is 166 Å². The zero-order valence-corrected chi connectivity index (χ0v) is 16.6. The van der Waals surface area contributed by atoms with E-state index < -0.39 is 12.1 Å². The van der Waals surface area contributed by atoms with Crippen LogP contribution in [0.25, 0.3) is 0 Å². The molecule has 3 rings (SSSR count). The summed E-state index contributed by atoms with van der Waals surface area (Å²) >= 11 is 0. The number of carbonyl (C=O) groups is 2. The second-order valence-electron chi connectivity index (χ2n) is 7.69. The lowest BCUT2D eigenvalue weighted by Crippen LogP contribution is -2.50. The van der Waals surface area contributed by atoms with Crippen molar-refractivity contribution in [2.45, 2.75) is 51.3 Å². The van der Waals surface area contributed by atoms with E-state index in [1.807, 2.05) is 42.5 Å². The summed E-state index contributed by atoms with van der Waals surface area (Å²) in [6.07, 6.45) is -0.430. The highest BCUT2D eigenvalue weighted by molar-refractivity contribution is 5.88. The quantitative estimate of drug-likeness (QED) is 0.838. The number of nitrogens with zero attached hydrogens (tertiary/aromatic N) is 1. The fourth-order valence-electron chi connectivity index (χ4n) is 3.75. The Balaban J connectivity index is 1.89. The highest BCUT2D eigenvalue weighted by atomic mass is 16.3. The van der Waals surface area contributed by atoms with Crippen LogP contribution in [0.3, 0.4) is 0 Å². The molecular formula is C23H28N2O3. The van der Waals surface area contributed by atoms with Crippen LogP contribution in [0.1, 0.15) is 55.8 Å². The van der Waals surface area contributed by atoms with Crippen LogP contribution in [0, 0.1) is 0 Å². The van der Waals surface area contributed by atoms with Gasteiger partial charge < -0.3 is 15.3 Å². The highest BCUT2D eigenvalue weighted by Crippen LogP contribution is 2.26. The van der Waals surface area contributed by atoms with Crippen LogP contribution >= 0.6 is 0 Å². The van der Waals surface area contributed by atoms with Crippen molar-refractivity contribution in [3.8, 4) is 0 Å². The number of benzene rings is 2. The van der Waals surface area contributed by atoms with Crippen molar-refractivity contribution in [2.75, 3.05) is 6.54 Å². The maximum absolute atomic E-state index is 13.0. The van der Waals surface area contributed by atoms with E-state index in [1.165, 1.54) is 17.4 Å². The number of carbonyl (C=O) groups excluding carboxylic acids is 2. The predicted molar refractivity (Wildman–Crippen MR) is 109 cm³/mol. The van der Waals surface area contributed by atoms with Crippen LogP contribution < -0.4 is 5.32 Å². The zero-order valence-electron chi connectivity index (χ0n) is 16.6. The third kappa shape index (κ3) is 4.25. The lowest BCUT2D eigenvalue weighted by molar-refractivity contribution is -0.139. The number of aliphatic hydroxyl groups is 1. The van der Waals surface area contributed by atoms with E-state index in [-0.39, 0.29) is 17.9 Å². The molecule has 0 saturated carbocycles. The van der Waals surface area contributed by atoms with Crippen molar-refractivity contribution in [1.29, 1.82) is 0 Å². The van der Waals surface area contributed by atoms with Crippen molar-refractivity contribution in [1.82, 2.24) is 10.2 Å². The van der Waals surface area contributed by atoms with Crippen LogP contribution in [0.2, 0.25) is 0 Å². The second kappa shape index (κ2) is 8.57. The summed E-state index contributed by atoms with van der Waals surface area (Å²) in [5.41, 5.74) is 3.15. The molecule has 2 aromatic rings. The van der Waals surface area contributed by atoms with Gasteiger partial charge in [-0.25, -0.2) is 0 Å². The highest BCUT2D eigenvalue weighted by Gasteiger charge is 2.40. The van der Waals surface area contributed by atoms with Gasteiger partial charge in [-0.05, 0) is 29.0 Å². The largest absolute Gasteiger partial charge is 0.390 e. The predicted octanol–water partition coefficient (Wildman–Crippen LogP) is 3.00. The molecule has 0 unspecified atom stereocenters. The zero-order chi connectivity index (χ0) is 20.3. The van der Waals surface area contributed by atoms with Gasteiger partial charge in [0.15, 0.2) is 0 Å². The van der Waals surface area contributed by atoms with Gasteiger partial charge in [0.25, 0.3) is 0 Å². The number of amides is 2. The van der Waals surface area contributed by atoms with Gasteiger partial charge in [-0.1, -0.05) is 68.4 Å². The Hall–Kier alpha value is -2.66. The van der Waals surface area contributed by atoms with E-state index >= 15 is 0 Å². The van der Waals surface area contributed by atoms with Crippen LogP contribution in [0.15, 0.2) is 54.6 Å². The van der Waals surface area contributed by atoms with Crippen LogP contribution in [-0.4, -0.2) is 40.5 Å². The van der Waals surface area contributed by atoms with Gasteiger partial charge in [0.05, 0.1) is 12.1 Å². The summed E-state index contributed by atoms with van der Waals surface area (Å²) < 4.78 is 0. The molecule has 1 heterocycles. The smallest absolute Gasteiger partial charge is 0.246 e. The van der Waals surface area contributed by atoms with E-state index in [1.54, 1.807) is 0 Å². The van der Waals surface area contributed by atoms with Gasteiger partial charge in [-0.3, -0.25) is 9.59 Å². The monoisotopic (exact) mass is 380 g/mol. The summed E-state index contributed by atoms with van der Waals surface area (Å²) in [5.74, 6) is -0.104. The molecule has 0 radical (unpaired) electrons. The lowest BCUT2D eigenvalue weighted by atomic mass is 9.95. The molecule has 28 heavy (non-hydrogen) atoms. The van der Waals surface area contributed by atoms with Crippen molar-refractivity contribution in [2.24, 2.45) is 0 Å². The molecule has 1 aliphatic rings. The van der Waals surface area contributed by atoms with Gasteiger partial charge in [-0.15, -0.1) is 0 Å². The molecule has 2 aromatic carbocycles. The standard InChI is InChI=1S/C23H28N2O3/c1-15(2)17-9-11-19(12-10-17)21(18-7-5-4-6-8-18)24-23(28)22-20(27)13-14-25(22)16(3)26/h4-12,15,20-22,27H,13-14H2,1-3H3,(H,24,28)/t20-,21-,22-/m0/s1. The van der Waals surface area contributed by atoms with Gasteiger partial charge >= 0.3 is 0 Å². The number of hydrogen-bond donors (Lipinski definition) is 2. The molecule has 0 aliphatic carbocycles. The number of hydrogen-bond acceptors (Lipinski definition) is 3. The van der Waals surface area contributed by atoms with Gasteiger partial charge in [0.2, 0.25) is 11.8 Å². The summed E-state index contributed by atoms with van der Waals surface area (Å²) in [5, 5.41) is 13.3. The Morgan fingerprint density at radius 3 is 2.14 bits per heavy atom. The van der Waals surface area contributed by atoms with Crippen LogP contribution in [-0.2, 0) is 9.59 Å². The fraction of sp³-hybridized carbons (Fsp3) is 0.391. The SMILES string of the molecule is CC(=O)N1CC[C@H](O)[C@H]1C(=O)N[C@@H](c1ccccc1)c1ccc(C(C)C)cc1. The minimum absolute atomic E-state index is 0.200. The Kier molecular flexibility index (Phi) is 6.15. The van der Waals surface area contributed by atoms with Gasteiger partial charge in [0, 0.05) is 13.5 Å². The summed E-state index contributed by atoms with van der Waals surface area (Å²) in [7, 11) is 0. The minimum atomic E-state index is -0.848. The first-order valence-electron chi connectivity index (χ1n) is 9.79. The first-order chi connectivity index (χ1) is 13.4. The molecule has 5 heteroatoms. The Morgan fingerprint density at radius 2 is 1.57 bits per heavy atom. The number of aliphatic hydroxyl groups excluding tert-OH is 1. The average molecular weight is 380 g/mol. The Bertz CT molecular complexity index is 818. The number of nitrogens with one attached hydrogen (secondary N) is 1. The van der Waals surface area contributed by atoms with Crippen molar-refractivity contribution in [3.05, 3.63) is 71.3 Å². The first-order valence-corrected chi connectivity index (χ1v) is 9.79. The molecule has 2 amide bonds. The molecule has 1 fully saturated rings. The summed E-state index contributed by atoms with van der Waals surface area (Å²) in [6.45, 7) is 6.11. The fourth-order valence-corrected chi connectivity index (χ4v) is 3.75. The molecule has 0 spiro atoms. The van der Waals surface area contributed by atoms with Crippen LogP contribution in [0.5, 0.6) is 0 Å². The molecule has 1 aliphatic heterocycles.